The molecule has 3 rings (SSSR count). The minimum Gasteiger partial charge on any atom is -0.481 e. The first kappa shape index (κ1) is 18.5. The van der Waals surface area contributed by atoms with Crippen LogP contribution < -0.4 is 5.32 Å². The van der Waals surface area contributed by atoms with Gasteiger partial charge in [0.1, 0.15) is 10.7 Å². The Hall–Kier alpha value is -2.33. The number of carbonyl (C=O) groups excluding carboxylic acids is 1. The fraction of sp³-hybridized carbons (Fsp3) is 0.562. The minimum atomic E-state index is -0.920. The van der Waals surface area contributed by atoms with Crippen LogP contribution in [0, 0.1) is 17.3 Å². The quantitative estimate of drug-likeness (QED) is 0.621. The highest BCUT2D eigenvalue weighted by atomic mass is 32.1. The Morgan fingerprint density at radius 3 is 2.85 bits per heavy atom. The minimum absolute atomic E-state index is 0.227. The molecule has 0 spiro atoms. The van der Waals surface area contributed by atoms with E-state index in [1.807, 2.05) is 11.6 Å². The Morgan fingerprint density at radius 1 is 1.38 bits per heavy atom. The van der Waals surface area contributed by atoms with E-state index in [-0.39, 0.29) is 5.91 Å². The number of hydrogen-bond acceptors (Lipinski definition) is 7. The van der Waals surface area contributed by atoms with Gasteiger partial charge >= 0.3 is 5.97 Å². The Labute approximate surface area is 154 Å². The zero-order chi connectivity index (χ0) is 18.7. The van der Waals surface area contributed by atoms with Gasteiger partial charge in [-0.3, -0.25) is 9.59 Å². The average molecular weight is 379 g/mol. The molecule has 1 aliphatic carbocycles. The summed E-state index contributed by atoms with van der Waals surface area (Å²) in [6.45, 7) is 5.27. The summed E-state index contributed by atoms with van der Waals surface area (Å²) in [5, 5.41) is 22.6. The number of aromatic nitrogens is 4. The summed E-state index contributed by atoms with van der Waals surface area (Å²) in [7, 11) is 0. The van der Waals surface area contributed by atoms with Gasteiger partial charge in [0.2, 0.25) is 5.91 Å². The standard InChI is InChI=1S/C16H21N5O4S/c1-16(2)11(12(16)15(23)24)13(22)17-3-6-25-7-5-21-9-10(19-20-21)14-18-4-8-26-14/h4,8-9,11-12H,3,5-7H2,1-2H3,(H,17,22)(H,23,24)/t11-,12+/m1/s1. The van der Waals surface area contributed by atoms with Crippen molar-refractivity contribution in [2.45, 2.75) is 20.4 Å². The van der Waals surface area contributed by atoms with E-state index in [0.29, 0.717) is 26.3 Å². The van der Waals surface area contributed by atoms with Crippen LogP contribution in [0.2, 0.25) is 0 Å². The molecule has 2 heterocycles. The lowest BCUT2D eigenvalue weighted by Crippen LogP contribution is -2.30. The van der Waals surface area contributed by atoms with Gasteiger partial charge in [-0.2, -0.15) is 0 Å². The molecule has 0 bridgehead atoms. The third-order valence-electron chi connectivity index (χ3n) is 4.58. The van der Waals surface area contributed by atoms with Crippen molar-refractivity contribution in [3.05, 3.63) is 17.8 Å². The van der Waals surface area contributed by atoms with Gasteiger partial charge in [-0.15, -0.1) is 16.4 Å². The lowest BCUT2D eigenvalue weighted by atomic mass is 10.1. The smallest absolute Gasteiger partial charge is 0.307 e. The topological polar surface area (TPSA) is 119 Å². The molecule has 2 atom stereocenters. The summed E-state index contributed by atoms with van der Waals surface area (Å²) in [6, 6.07) is 0. The largest absolute Gasteiger partial charge is 0.481 e. The summed E-state index contributed by atoms with van der Waals surface area (Å²) < 4.78 is 7.16. The van der Waals surface area contributed by atoms with E-state index in [1.165, 1.54) is 11.3 Å². The van der Waals surface area contributed by atoms with Gasteiger partial charge < -0.3 is 15.2 Å². The Balaban J connectivity index is 1.32. The highest BCUT2D eigenvalue weighted by Crippen LogP contribution is 2.58. The zero-order valence-electron chi connectivity index (χ0n) is 14.6. The molecule has 2 aromatic heterocycles. The molecule has 2 N–H and O–H groups in total. The summed E-state index contributed by atoms with van der Waals surface area (Å²) in [5.41, 5.74) is 0.242. The van der Waals surface area contributed by atoms with E-state index >= 15 is 0 Å². The number of thiazole rings is 1. The maximum atomic E-state index is 12.0. The van der Waals surface area contributed by atoms with E-state index in [9.17, 15) is 9.59 Å². The van der Waals surface area contributed by atoms with E-state index in [2.05, 4.69) is 20.6 Å². The molecule has 1 amide bonds. The normalized spacial score (nSPS) is 20.7. The number of carboxylic acids is 1. The Bertz CT molecular complexity index is 773. The average Bonchev–Trinajstić information content (AvgIpc) is 3.02. The third kappa shape index (κ3) is 3.91. The molecule has 10 heteroatoms. The molecule has 1 aliphatic rings. The summed E-state index contributed by atoms with van der Waals surface area (Å²) in [5.74, 6) is -2.23. The number of ether oxygens (including phenoxy) is 1. The van der Waals surface area contributed by atoms with Crippen molar-refractivity contribution in [2.24, 2.45) is 17.3 Å². The van der Waals surface area contributed by atoms with Gasteiger partial charge in [0.05, 0.1) is 37.8 Å². The number of aliphatic carboxylic acids is 1. The van der Waals surface area contributed by atoms with Crippen LogP contribution in [-0.2, 0) is 20.9 Å². The lowest BCUT2D eigenvalue weighted by molar-refractivity contribution is -0.140. The molecular weight excluding hydrogens is 358 g/mol. The van der Waals surface area contributed by atoms with Crippen LogP contribution in [-0.4, -0.2) is 56.7 Å². The molecule has 26 heavy (non-hydrogen) atoms. The first-order chi connectivity index (χ1) is 12.4. The molecule has 0 radical (unpaired) electrons. The van der Waals surface area contributed by atoms with Crippen molar-refractivity contribution in [1.82, 2.24) is 25.3 Å². The van der Waals surface area contributed by atoms with E-state index in [4.69, 9.17) is 9.84 Å². The third-order valence-corrected chi connectivity index (χ3v) is 5.37. The summed E-state index contributed by atoms with van der Waals surface area (Å²) >= 11 is 1.50. The lowest BCUT2D eigenvalue weighted by Gasteiger charge is -2.07. The van der Waals surface area contributed by atoms with Crippen LogP contribution in [0.25, 0.3) is 10.7 Å². The van der Waals surface area contributed by atoms with Crippen LogP contribution in [0.15, 0.2) is 17.8 Å². The number of rotatable bonds is 9. The monoisotopic (exact) mass is 379 g/mol. The Morgan fingerprint density at radius 2 is 2.19 bits per heavy atom. The van der Waals surface area contributed by atoms with Gasteiger partial charge in [0.25, 0.3) is 0 Å². The maximum absolute atomic E-state index is 12.0. The second-order valence-corrected chi connectivity index (χ2v) is 7.62. The molecule has 0 aliphatic heterocycles. The number of nitrogens with zero attached hydrogens (tertiary/aromatic N) is 4. The van der Waals surface area contributed by atoms with Crippen molar-refractivity contribution in [3.8, 4) is 10.7 Å². The van der Waals surface area contributed by atoms with E-state index in [0.717, 1.165) is 10.7 Å². The van der Waals surface area contributed by atoms with Crippen LogP contribution >= 0.6 is 11.3 Å². The molecule has 1 fully saturated rings. The van der Waals surface area contributed by atoms with Gasteiger partial charge in [-0.05, 0) is 5.41 Å². The van der Waals surface area contributed by atoms with Crippen LogP contribution in [0.5, 0.6) is 0 Å². The van der Waals surface area contributed by atoms with Crippen molar-refractivity contribution in [2.75, 3.05) is 19.8 Å². The highest BCUT2D eigenvalue weighted by Gasteiger charge is 2.65. The van der Waals surface area contributed by atoms with Gasteiger partial charge in [-0.1, -0.05) is 19.1 Å². The molecule has 0 aromatic carbocycles. The number of carboxylic acid groups (broad SMARTS) is 1. The van der Waals surface area contributed by atoms with Crippen molar-refractivity contribution in [3.63, 3.8) is 0 Å². The molecule has 9 nitrogen and oxygen atoms in total. The highest BCUT2D eigenvalue weighted by molar-refractivity contribution is 7.13. The molecule has 2 aromatic rings. The molecule has 0 unspecified atom stereocenters. The predicted molar refractivity (Wildman–Crippen MR) is 93.4 cm³/mol. The first-order valence-corrected chi connectivity index (χ1v) is 9.17. The Kier molecular flexibility index (Phi) is 5.33. The molecule has 1 saturated carbocycles. The second kappa shape index (κ2) is 7.50. The second-order valence-electron chi connectivity index (χ2n) is 6.72. The number of nitrogens with one attached hydrogen (secondary N) is 1. The summed E-state index contributed by atoms with van der Waals surface area (Å²) in [4.78, 5) is 27.3. The van der Waals surface area contributed by atoms with Gasteiger partial charge in [0.15, 0.2) is 0 Å². The van der Waals surface area contributed by atoms with Crippen molar-refractivity contribution >= 4 is 23.2 Å². The van der Waals surface area contributed by atoms with Crippen LogP contribution in [0.3, 0.4) is 0 Å². The van der Waals surface area contributed by atoms with E-state index in [1.54, 1.807) is 24.7 Å². The van der Waals surface area contributed by atoms with Crippen LogP contribution in [0.4, 0.5) is 0 Å². The first-order valence-electron chi connectivity index (χ1n) is 8.29. The van der Waals surface area contributed by atoms with Crippen molar-refractivity contribution in [1.29, 1.82) is 0 Å². The fourth-order valence-corrected chi connectivity index (χ4v) is 3.65. The zero-order valence-corrected chi connectivity index (χ0v) is 15.4. The summed E-state index contributed by atoms with van der Waals surface area (Å²) in [6.07, 6.45) is 3.53. The molecular formula is C16H21N5O4S. The number of carbonyl (C=O) groups is 2. The molecule has 140 valence electrons. The maximum Gasteiger partial charge on any atom is 0.307 e. The fourth-order valence-electron chi connectivity index (χ4n) is 3.06. The van der Waals surface area contributed by atoms with Gasteiger partial charge in [-0.25, -0.2) is 9.67 Å². The predicted octanol–water partition coefficient (Wildman–Crippen LogP) is 0.891. The van der Waals surface area contributed by atoms with Crippen molar-refractivity contribution < 1.29 is 19.4 Å². The van der Waals surface area contributed by atoms with Crippen LogP contribution in [0.1, 0.15) is 13.8 Å². The van der Waals surface area contributed by atoms with Gasteiger partial charge in [0, 0.05) is 18.1 Å². The number of amides is 1. The SMILES string of the molecule is CC1(C)[C@H](C(=O)O)[C@@H]1C(=O)NCCOCCn1cc(-c2nccs2)nn1. The molecule has 0 saturated heterocycles. The van der Waals surface area contributed by atoms with E-state index < -0.39 is 23.2 Å². The number of hydrogen-bond donors (Lipinski definition) is 2.